The van der Waals surface area contributed by atoms with E-state index in [4.69, 9.17) is 11.6 Å². The number of hydrogen-bond acceptors (Lipinski definition) is 3. The standard InChI is InChI=1S/C15H13ClN4O/c1-9-4-3-7-20-13(10(2)18-14(9)20)15(21)19-12-8-11(16)5-6-17-12/h3-8H,1-2H3,(H,17,19,21). The van der Waals surface area contributed by atoms with E-state index in [1.165, 1.54) is 0 Å². The molecule has 3 rings (SSSR count). The van der Waals surface area contributed by atoms with Crippen LogP contribution in [0.3, 0.4) is 0 Å². The smallest absolute Gasteiger partial charge is 0.275 e. The van der Waals surface area contributed by atoms with Crippen LogP contribution in [0.2, 0.25) is 5.02 Å². The van der Waals surface area contributed by atoms with E-state index in [-0.39, 0.29) is 5.91 Å². The van der Waals surface area contributed by atoms with Gasteiger partial charge in [-0.3, -0.25) is 9.20 Å². The third-order valence-electron chi connectivity index (χ3n) is 3.20. The summed E-state index contributed by atoms with van der Waals surface area (Å²) in [5.74, 6) is 0.148. The fourth-order valence-corrected chi connectivity index (χ4v) is 2.40. The summed E-state index contributed by atoms with van der Waals surface area (Å²) >= 11 is 5.89. The number of anilines is 1. The zero-order chi connectivity index (χ0) is 15.0. The van der Waals surface area contributed by atoms with Gasteiger partial charge in [-0.25, -0.2) is 9.97 Å². The third kappa shape index (κ3) is 2.48. The van der Waals surface area contributed by atoms with Gasteiger partial charge in [0.25, 0.3) is 5.91 Å². The van der Waals surface area contributed by atoms with E-state index in [0.29, 0.717) is 22.2 Å². The molecule has 21 heavy (non-hydrogen) atoms. The molecule has 0 aromatic carbocycles. The molecular formula is C15H13ClN4O. The minimum absolute atomic E-state index is 0.264. The fourth-order valence-electron chi connectivity index (χ4n) is 2.24. The largest absolute Gasteiger partial charge is 0.305 e. The minimum atomic E-state index is -0.264. The topological polar surface area (TPSA) is 59.3 Å². The van der Waals surface area contributed by atoms with E-state index in [2.05, 4.69) is 15.3 Å². The minimum Gasteiger partial charge on any atom is -0.305 e. The van der Waals surface area contributed by atoms with Gasteiger partial charge in [-0.2, -0.15) is 0 Å². The van der Waals surface area contributed by atoms with E-state index in [9.17, 15) is 4.79 Å². The van der Waals surface area contributed by atoms with Crippen LogP contribution in [0.5, 0.6) is 0 Å². The highest BCUT2D eigenvalue weighted by molar-refractivity contribution is 6.30. The van der Waals surface area contributed by atoms with Crippen molar-refractivity contribution in [1.29, 1.82) is 0 Å². The van der Waals surface area contributed by atoms with E-state index in [1.54, 1.807) is 22.7 Å². The lowest BCUT2D eigenvalue weighted by Gasteiger charge is -2.06. The summed E-state index contributed by atoms with van der Waals surface area (Å²) in [6, 6.07) is 7.10. The quantitative estimate of drug-likeness (QED) is 0.790. The maximum absolute atomic E-state index is 12.5. The Hall–Kier alpha value is -2.40. The maximum atomic E-state index is 12.5. The Bertz CT molecular complexity index is 841. The first-order chi connectivity index (χ1) is 10.1. The van der Waals surface area contributed by atoms with Crippen molar-refractivity contribution in [3.8, 4) is 0 Å². The number of carbonyl (C=O) groups is 1. The van der Waals surface area contributed by atoms with Crippen LogP contribution < -0.4 is 5.32 Å². The van der Waals surface area contributed by atoms with Crippen LogP contribution in [-0.4, -0.2) is 20.3 Å². The average molecular weight is 301 g/mol. The second-order valence-electron chi connectivity index (χ2n) is 4.74. The van der Waals surface area contributed by atoms with E-state index in [1.807, 2.05) is 32.2 Å². The lowest BCUT2D eigenvalue weighted by Crippen LogP contribution is -2.16. The molecule has 0 bridgehead atoms. The number of nitrogens with one attached hydrogen (secondary N) is 1. The Morgan fingerprint density at radius 2 is 2.14 bits per heavy atom. The molecule has 0 fully saturated rings. The van der Waals surface area contributed by atoms with Gasteiger partial charge < -0.3 is 5.32 Å². The van der Waals surface area contributed by atoms with Crippen molar-refractivity contribution >= 4 is 29.0 Å². The molecule has 0 unspecified atom stereocenters. The number of fused-ring (bicyclic) bond motifs is 1. The first-order valence-corrected chi connectivity index (χ1v) is 6.81. The lowest BCUT2D eigenvalue weighted by molar-refractivity contribution is 0.102. The van der Waals surface area contributed by atoms with Crippen molar-refractivity contribution in [2.75, 3.05) is 5.32 Å². The van der Waals surface area contributed by atoms with Crippen LogP contribution in [0.1, 0.15) is 21.7 Å². The summed E-state index contributed by atoms with van der Waals surface area (Å²) in [5.41, 5.74) is 2.96. The zero-order valence-electron chi connectivity index (χ0n) is 11.6. The number of halogens is 1. The molecule has 106 valence electrons. The molecule has 5 nitrogen and oxygen atoms in total. The molecule has 0 aliphatic carbocycles. The molecule has 0 atom stereocenters. The number of rotatable bonds is 2. The van der Waals surface area contributed by atoms with Gasteiger partial charge in [-0.1, -0.05) is 17.7 Å². The van der Waals surface area contributed by atoms with E-state index < -0.39 is 0 Å². The molecule has 6 heteroatoms. The molecule has 3 heterocycles. The molecule has 0 aliphatic heterocycles. The number of carbonyl (C=O) groups excluding carboxylic acids is 1. The van der Waals surface area contributed by atoms with Crippen molar-refractivity contribution in [3.63, 3.8) is 0 Å². The molecular weight excluding hydrogens is 288 g/mol. The first kappa shape index (κ1) is 13.6. The molecule has 0 aliphatic rings. The van der Waals surface area contributed by atoms with Gasteiger partial charge in [0.1, 0.15) is 17.2 Å². The second-order valence-corrected chi connectivity index (χ2v) is 5.18. The molecule has 3 aromatic rings. The summed E-state index contributed by atoms with van der Waals surface area (Å²) in [7, 11) is 0. The zero-order valence-corrected chi connectivity index (χ0v) is 12.3. The van der Waals surface area contributed by atoms with E-state index in [0.717, 1.165) is 11.2 Å². The molecule has 3 aromatic heterocycles. The molecule has 1 N–H and O–H groups in total. The van der Waals surface area contributed by atoms with Crippen LogP contribution in [0.4, 0.5) is 5.82 Å². The summed E-state index contributed by atoms with van der Waals surface area (Å²) in [6.45, 7) is 3.77. The Morgan fingerprint density at radius 1 is 1.33 bits per heavy atom. The summed E-state index contributed by atoms with van der Waals surface area (Å²) < 4.78 is 1.78. The van der Waals surface area contributed by atoms with Crippen molar-refractivity contribution in [2.45, 2.75) is 13.8 Å². The molecule has 1 amide bonds. The van der Waals surface area contributed by atoms with Crippen molar-refractivity contribution in [1.82, 2.24) is 14.4 Å². The van der Waals surface area contributed by atoms with Crippen LogP contribution >= 0.6 is 11.6 Å². The van der Waals surface area contributed by atoms with Crippen molar-refractivity contribution in [2.24, 2.45) is 0 Å². The number of nitrogens with zero attached hydrogens (tertiary/aromatic N) is 3. The fraction of sp³-hybridized carbons (Fsp3) is 0.133. The monoisotopic (exact) mass is 300 g/mol. The highest BCUT2D eigenvalue weighted by atomic mass is 35.5. The average Bonchev–Trinajstić information content (AvgIpc) is 2.76. The number of aromatic nitrogens is 3. The van der Waals surface area contributed by atoms with Gasteiger partial charge >= 0.3 is 0 Å². The van der Waals surface area contributed by atoms with Crippen molar-refractivity contribution < 1.29 is 4.79 Å². The van der Waals surface area contributed by atoms with E-state index >= 15 is 0 Å². The molecule has 0 saturated carbocycles. The highest BCUT2D eigenvalue weighted by Crippen LogP contribution is 2.17. The summed E-state index contributed by atoms with van der Waals surface area (Å²) in [5, 5.41) is 3.26. The van der Waals surface area contributed by atoms with Gasteiger partial charge in [0.2, 0.25) is 0 Å². The Labute approximate surface area is 126 Å². The predicted molar refractivity (Wildman–Crippen MR) is 81.9 cm³/mol. The summed E-state index contributed by atoms with van der Waals surface area (Å²) in [6.07, 6.45) is 3.37. The van der Waals surface area contributed by atoms with Gasteiger partial charge in [-0.15, -0.1) is 0 Å². The number of imidazole rings is 1. The van der Waals surface area contributed by atoms with Crippen LogP contribution in [0.15, 0.2) is 36.7 Å². The summed E-state index contributed by atoms with van der Waals surface area (Å²) in [4.78, 5) is 21.0. The molecule has 0 spiro atoms. The predicted octanol–water partition coefficient (Wildman–Crippen LogP) is 3.25. The van der Waals surface area contributed by atoms with Crippen LogP contribution in [0, 0.1) is 13.8 Å². The number of pyridine rings is 2. The van der Waals surface area contributed by atoms with Gasteiger partial charge in [0.05, 0.1) is 5.69 Å². The Kier molecular flexibility index (Phi) is 3.35. The second kappa shape index (κ2) is 5.18. The third-order valence-corrected chi connectivity index (χ3v) is 3.43. The SMILES string of the molecule is Cc1nc2c(C)cccn2c1C(=O)Nc1cc(Cl)ccn1. The number of hydrogen-bond donors (Lipinski definition) is 1. The Morgan fingerprint density at radius 3 is 2.90 bits per heavy atom. The molecule has 0 radical (unpaired) electrons. The maximum Gasteiger partial charge on any atom is 0.275 e. The van der Waals surface area contributed by atoms with Gasteiger partial charge in [-0.05, 0) is 37.6 Å². The lowest BCUT2D eigenvalue weighted by atomic mass is 10.3. The Balaban J connectivity index is 2.02. The van der Waals surface area contributed by atoms with Gasteiger partial charge in [0.15, 0.2) is 0 Å². The van der Waals surface area contributed by atoms with Crippen molar-refractivity contribution in [3.05, 3.63) is 58.6 Å². The van der Waals surface area contributed by atoms with Crippen LogP contribution in [-0.2, 0) is 0 Å². The number of amides is 1. The number of aryl methyl sites for hydroxylation is 2. The molecule has 0 saturated heterocycles. The van der Waals surface area contributed by atoms with Crippen LogP contribution in [0.25, 0.3) is 5.65 Å². The first-order valence-electron chi connectivity index (χ1n) is 6.43. The normalized spacial score (nSPS) is 10.8. The van der Waals surface area contributed by atoms with Gasteiger partial charge in [0, 0.05) is 17.4 Å². The highest BCUT2D eigenvalue weighted by Gasteiger charge is 2.17.